The molecule has 0 bridgehead atoms. The van der Waals surface area contributed by atoms with E-state index in [4.69, 9.17) is 5.73 Å². The Morgan fingerprint density at radius 1 is 1.44 bits per heavy atom. The molecule has 0 aliphatic heterocycles. The first-order valence-electron chi connectivity index (χ1n) is 6.37. The van der Waals surface area contributed by atoms with Gasteiger partial charge in [0, 0.05) is 17.0 Å². The molecule has 100 valence electrons. The van der Waals surface area contributed by atoms with Crippen LogP contribution in [0.3, 0.4) is 0 Å². The summed E-state index contributed by atoms with van der Waals surface area (Å²) < 4.78 is 1.07. The van der Waals surface area contributed by atoms with Crippen molar-refractivity contribution < 1.29 is 4.79 Å². The van der Waals surface area contributed by atoms with Crippen molar-refractivity contribution in [3.05, 3.63) is 20.8 Å². The fourth-order valence-corrected chi connectivity index (χ4v) is 3.75. The van der Waals surface area contributed by atoms with Gasteiger partial charge in [0.05, 0.1) is 9.70 Å². The van der Waals surface area contributed by atoms with Crippen LogP contribution in [0.25, 0.3) is 0 Å². The SMILES string of the molecule is CC(C(=O)NC1CCC(N)CC1)c1ccc(Br)s1. The molecular weight excluding hydrogens is 312 g/mol. The zero-order valence-corrected chi connectivity index (χ0v) is 12.9. The summed E-state index contributed by atoms with van der Waals surface area (Å²) in [6, 6.07) is 4.63. The average molecular weight is 331 g/mol. The molecule has 3 nitrogen and oxygen atoms in total. The fraction of sp³-hybridized carbons (Fsp3) is 0.615. The van der Waals surface area contributed by atoms with Gasteiger partial charge in [-0.1, -0.05) is 0 Å². The van der Waals surface area contributed by atoms with Crippen LogP contribution in [0.4, 0.5) is 0 Å². The number of thiophene rings is 1. The van der Waals surface area contributed by atoms with Crippen molar-refractivity contribution in [1.29, 1.82) is 0 Å². The Morgan fingerprint density at radius 2 is 2.11 bits per heavy atom. The molecule has 0 aromatic carbocycles. The molecule has 3 N–H and O–H groups in total. The van der Waals surface area contributed by atoms with E-state index in [9.17, 15) is 4.79 Å². The van der Waals surface area contributed by atoms with Crippen molar-refractivity contribution in [3.8, 4) is 0 Å². The monoisotopic (exact) mass is 330 g/mol. The zero-order valence-electron chi connectivity index (χ0n) is 10.5. The van der Waals surface area contributed by atoms with Gasteiger partial charge in [-0.05, 0) is 60.7 Å². The molecule has 1 heterocycles. The van der Waals surface area contributed by atoms with Crippen molar-refractivity contribution in [2.75, 3.05) is 0 Å². The molecule has 1 aromatic heterocycles. The third-order valence-corrected chi connectivity index (χ3v) is 5.34. The molecule has 0 radical (unpaired) electrons. The van der Waals surface area contributed by atoms with Crippen molar-refractivity contribution in [2.45, 2.75) is 50.6 Å². The van der Waals surface area contributed by atoms with Gasteiger partial charge < -0.3 is 11.1 Å². The quantitative estimate of drug-likeness (QED) is 0.895. The Kier molecular flexibility index (Phi) is 4.81. The summed E-state index contributed by atoms with van der Waals surface area (Å²) >= 11 is 5.05. The van der Waals surface area contributed by atoms with Gasteiger partial charge in [-0.3, -0.25) is 4.79 Å². The van der Waals surface area contributed by atoms with E-state index < -0.39 is 0 Å². The highest BCUT2D eigenvalue weighted by Gasteiger charge is 2.23. The molecular formula is C13H19BrN2OS. The maximum absolute atomic E-state index is 12.2. The molecule has 18 heavy (non-hydrogen) atoms. The zero-order chi connectivity index (χ0) is 13.1. The van der Waals surface area contributed by atoms with Crippen LogP contribution in [0.5, 0.6) is 0 Å². The van der Waals surface area contributed by atoms with E-state index >= 15 is 0 Å². The van der Waals surface area contributed by atoms with Gasteiger partial charge in [-0.25, -0.2) is 0 Å². The standard InChI is InChI=1S/C13H19BrN2OS/c1-8(11-6-7-12(14)18-11)13(17)16-10-4-2-9(15)3-5-10/h6-10H,2-5,15H2,1H3,(H,16,17). The predicted octanol–water partition coefficient (Wildman–Crippen LogP) is 3.00. The van der Waals surface area contributed by atoms with Crippen LogP contribution < -0.4 is 11.1 Å². The summed E-state index contributed by atoms with van der Waals surface area (Å²) in [4.78, 5) is 13.3. The number of carbonyl (C=O) groups excluding carboxylic acids is 1. The topological polar surface area (TPSA) is 55.1 Å². The Balaban J connectivity index is 1.88. The molecule has 0 saturated heterocycles. The van der Waals surface area contributed by atoms with Gasteiger partial charge in [0.1, 0.15) is 0 Å². The van der Waals surface area contributed by atoms with Gasteiger partial charge in [-0.15, -0.1) is 11.3 Å². The Morgan fingerprint density at radius 3 is 2.67 bits per heavy atom. The molecule has 1 aliphatic carbocycles. The summed E-state index contributed by atoms with van der Waals surface area (Å²) in [5.74, 6) is 0.0571. The molecule has 1 fully saturated rings. The lowest BCUT2D eigenvalue weighted by Crippen LogP contribution is -2.41. The molecule has 0 spiro atoms. The second kappa shape index (κ2) is 6.17. The van der Waals surface area contributed by atoms with E-state index in [-0.39, 0.29) is 11.8 Å². The third kappa shape index (κ3) is 3.56. The number of hydrogen-bond acceptors (Lipinski definition) is 3. The number of amides is 1. The van der Waals surface area contributed by atoms with E-state index in [1.165, 1.54) is 0 Å². The molecule has 1 amide bonds. The lowest BCUT2D eigenvalue weighted by atomic mass is 9.91. The molecule has 1 aromatic rings. The number of rotatable bonds is 3. The first kappa shape index (κ1) is 14.0. The van der Waals surface area contributed by atoms with Gasteiger partial charge in [-0.2, -0.15) is 0 Å². The van der Waals surface area contributed by atoms with E-state index in [1.807, 2.05) is 19.1 Å². The smallest absolute Gasteiger partial charge is 0.228 e. The average Bonchev–Trinajstić information content (AvgIpc) is 2.78. The van der Waals surface area contributed by atoms with Crippen molar-refractivity contribution in [2.24, 2.45) is 5.73 Å². The molecule has 1 aliphatic rings. The van der Waals surface area contributed by atoms with Gasteiger partial charge >= 0.3 is 0 Å². The molecule has 5 heteroatoms. The van der Waals surface area contributed by atoms with E-state index in [0.29, 0.717) is 12.1 Å². The minimum absolute atomic E-state index is 0.0723. The number of carbonyl (C=O) groups is 1. The van der Waals surface area contributed by atoms with Crippen molar-refractivity contribution >= 4 is 33.2 Å². The maximum Gasteiger partial charge on any atom is 0.228 e. The lowest BCUT2D eigenvalue weighted by Gasteiger charge is -2.27. The minimum atomic E-state index is -0.0723. The Labute approximate surface area is 120 Å². The molecule has 1 atom stereocenters. The summed E-state index contributed by atoms with van der Waals surface area (Å²) in [6.45, 7) is 1.96. The van der Waals surface area contributed by atoms with E-state index in [1.54, 1.807) is 11.3 Å². The summed E-state index contributed by atoms with van der Waals surface area (Å²) in [5, 5.41) is 3.14. The first-order chi connectivity index (χ1) is 8.56. The number of nitrogens with one attached hydrogen (secondary N) is 1. The lowest BCUT2D eigenvalue weighted by molar-refractivity contribution is -0.123. The summed E-state index contributed by atoms with van der Waals surface area (Å²) in [5.41, 5.74) is 5.87. The van der Waals surface area contributed by atoms with E-state index in [0.717, 1.165) is 34.3 Å². The highest BCUT2D eigenvalue weighted by molar-refractivity contribution is 9.11. The van der Waals surface area contributed by atoms with Crippen LogP contribution in [0, 0.1) is 0 Å². The van der Waals surface area contributed by atoms with Gasteiger partial charge in [0.15, 0.2) is 0 Å². The van der Waals surface area contributed by atoms with Gasteiger partial charge in [0.2, 0.25) is 5.91 Å². The molecule has 2 rings (SSSR count). The third-order valence-electron chi connectivity index (χ3n) is 3.53. The summed E-state index contributed by atoms with van der Waals surface area (Å²) in [7, 11) is 0. The molecule has 1 saturated carbocycles. The van der Waals surface area contributed by atoms with Crippen molar-refractivity contribution in [1.82, 2.24) is 5.32 Å². The highest BCUT2D eigenvalue weighted by atomic mass is 79.9. The largest absolute Gasteiger partial charge is 0.353 e. The normalized spacial score (nSPS) is 25.7. The molecule has 1 unspecified atom stereocenters. The van der Waals surface area contributed by atoms with Crippen LogP contribution in [-0.2, 0) is 4.79 Å². The van der Waals surface area contributed by atoms with Crippen LogP contribution in [-0.4, -0.2) is 18.0 Å². The number of halogens is 1. The maximum atomic E-state index is 12.2. The number of hydrogen-bond donors (Lipinski definition) is 2. The number of nitrogens with two attached hydrogens (primary N) is 1. The summed E-state index contributed by atoms with van der Waals surface area (Å²) in [6.07, 6.45) is 4.05. The van der Waals surface area contributed by atoms with E-state index in [2.05, 4.69) is 21.2 Å². The van der Waals surface area contributed by atoms with Gasteiger partial charge in [0.25, 0.3) is 0 Å². The van der Waals surface area contributed by atoms with Crippen LogP contribution in [0.1, 0.15) is 43.4 Å². The Bertz CT molecular complexity index is 413. The second-order valence-electron chi connectivity index (χ2n) is 4.98. The highest BCUT2D eigenvalue weighted by Crippen LogP contribution is 2.29. The predicted molar refractivity (Wildman–Crippen MR) is 78.8 cm³/mol. The van der Waals surface area contributed by atoms with Crippen molar-refractivity contribution in [3.63, 3.8) is 0 Å². The van der Waals surface area contributed by atoms with Crippen LogP contribution >= 0.6 is 27.3 Å². The van der Waals surface area contributed by atoms with Crippen LogP contribution in [0.15, 0.2) is 15.9 Å². The van der Waals surface area contributed by atoms with Crippen LogP contribution in [0.2, 0.25) is 0 Å². The minimum Gasteiger partial charge on any atom is -0.353 e. The fourth-order valence-electron chi connectivity index (χ4n) is 2.28. The second-order valence-corrected chi connectivity index (χ2v) is 7.48. The first-order valence-corrected chi connectivity index (χ1v) is 7.98. The Hall–Kier alpha value is -0.390.